The van der Waals surface area contributed by atoms with Crippen LogP contribution in [0.25, 0.3) is 0 Å². The Morgan fingerprint density at radius 2 is 1.95 bits per heavy atom. The van der Waals surface area contributed by atoms with E-state index in [1.807, 2.05) is 0 Å². The summed E-state index contributed by atoms with van der Waals surface area (Å²) < 4.78 is 10.4. The first-order valence-electron chi connectivity index (χ1n) is 6.46. The van der Waals surface area contributed by atoms with Crippen molar-refractivity contribution in [3.05, 3.63) is 33.9 Å². The summed E-state index contributed by atoms with van der Waals surface area (Å²) in [5.41, 5.74) is 0.748. The maximum Gasteiger partial charge on any atom is 0.276 e. The van der Waals surface area contributed by atoms with Gasteiger partial charge in [-0.1, -0.05) is 6.07 Å². The molecule has 20 heavy (non-hydrogen) atoms. The Morgan fingerprint density at radius 3 is 2.55 bits per heavy atom. The number of nitro groups is 1. The molecule has 0 aliphatic heterocycles. The number of nitrogens with zero attached hydrogens (tertiary/aromatic N) is 1. The minimum atomic E-state index is -1.15. The highest BCUT2D eigenvalue weighted by Gasteiger charge is 2.42. The Balaban J connectivity index is 2.38. The quantitative estimate of drug-likeness (QED) is 0.623. The fourth-order valence-corrected chi connectivity index (χ4v) is 2.72. The van der Waals surface area contributed by atoms with Gasteiger partial charge < -0.3 is 9.47 Å². The molecule has 0 aromatic heterocycles. The molecule has 0 heterocycles. The van der Waals surface area contributed by atoms with Crippen molar-refractivity contribution in [3.63, 3.8) is 0 Å². The molecule has 6 heteroatoms. The second-order valence-electron chi connectivity index (χ2n) is 4.81. The summed E-state index contributed by atoms with van der Waals surface area (Å²) in [5, 5.41) is 11.2. The SMILES string of the molecule is COc1ccc(C2CCCC(=O)C2[N+](=O)[O-])cc1OC. The number of methoxy groups -OCH3 is 2. The molecule has 1 aromatic rings. The van der Waals surface area contributed by atoms with Gasteiger partial charge >= 0.3 is 0 Å². The fraction of sp³-hybridized carbons (Fsp3) is 0.500. The van der Waals surface area contributed by atoms with Crippen molar-refractivity contribution in [3.8, 4) is 11.5 Å². The van der Waals surface area contributed by atoms with Crippen molar-refractivity contribution in [1.82, 2.24) is 0 Å². The predicted octanol–water partition coefficient (Wildman–Crippen LogP) is 2.19. The number of carbonyl (C=O) groups excluding carboxylic acids is 1. The molecule has 2 rings (SSSR count). The van der Waals surface area contributed by atoms with Crippen LogP contribution in [0, 0.1) is 10.1 Å². The third-order valence-corrected chi connectivity index (χ3v) is 3.71. The molecular weight excluding hydrogens is 262 g/mol. The lowest BCUT2D eigenvalue weighted by atomic mass is 9.79. The maximum absolute atomic E-state index is 11.8. The molecule has 1 aliphatic rings. The summed E-state index contributed by atoms with van der Waals surface area (Å²) in [6, 6.07) is 4.05. The average molecular weight is 279 g/mol. The minimum absolute atomic E-state index is 0.287. The number of hydrogen-bond donors (Lipinski definition) is 0. The van der Waals surface area contributed by atoms with E-state index in [0.717, 1.165) is 5.56 Å². The van der Waals surface area contributed by atoms with Crippen LogP contribution in [0.3, 0.4) is 0 Å². The fourth-order valence-electron chi connectivity index (χ4n) is 2.72. The zero-order valence-electron chi connectivity index (χ0n) is 11.5. The molecule has 0 spiro atoms. The van der Waals surface area contributed by atoms with E-state index >= 15 is 0 Å². The first-order chi connectivity index (χ1) is 9.58. The van der Waals surface area contributed by atoms with Gasteiger partial charge in [-0.05, 0) is 30.5 Å². The van der Waals surface area contributed by atoms with Crippen molar-refractivity contribution in [2.75, 3.05) is 14.2 Å². The highest BCUT2D eigenvalue weighted by Crippen LogP contribution is 2.37. The van der Waals surface area contributed by atoms with Gasteiger partial charge in [0.05, 0.1) is 20.1 Å². The number of hydrogen-bond acceptors (Lipinski definition) is 5. The van der Waals surface area contributed by atoms with Crippen molar-refractivity contribution in [2.24, 2.45) is 0 Å². The molecule has 108 valence electrons. The number of benzene rings is 1. The van der Waals surface area contributed by atoms with E-state index in [0.29, 0.717) is 24.3 Å². The standard InChI is InChI=1S/C14H17NO5/c1-19-12-7-6-9(8-13(12)20-2)10-4-3-5-11(16)14(10)15(17)18/h6-8,10,14H,3-5H2,1-2H3. The van der Waals surface area contributed by atoms with Gasteiger partial charge in [0.15, 0.2) is 11.5 Å². The van der Waals surface area contributed by atoms with Gasteiger partial charge in [0, 0.05) is 11.3 Å². The Labute approximate surface area is 116 Å². The zero-order valence-corrected chi connectivity index (χ0v) is 11.5. The van der Waals surface area contributed by atoms with Crippen LogP contribution in [-0.4, -0.2) is 31.0 Å². The molecule has 2 atom stereocenters. The molecule has 1 aromatic carbocycles. The van der Waals surface area contributed by atoms with E-state index in [-0.39, 0.29) is 12.2 Å². The molecule has 1 saturated carbocycles. The molecule has 1 fully saturated rings. The van der Waals surface area contributed by atoms with Gasteiger partial charge in [0.25, 0.3) is 6.04 Å². The summed E-state index contributed by atoms with van der Waals surface area (Å²) in [6.45, 7) is 0. The molecule has 0 amide bonds. The Hall–Kier alpha value is -2.11. The Kier molecular flexibility index (Phi) is 4.22. The topological polar surface area (TPSA) is 78.7 Å². The van der Waals surface area contributed by atoms with E-state index in [2.05, 4.69) is 0 Å². The molecular formula is C14H17NO5. The molecule has 0 saturated heterocycles. The Bertz CT molecular complexity index is 528. The van der Waals surface area contributed by atoms with Crippen LogP contribution in [0.15, 0.2) is 18.2 Å². The van der Waals surface area contributed by atoms with Crippen LogP contribution in [0.1, 0.15) is 30.7 Å². The summed E-state index contributed by atoms with van der Waals surface area (Å²) in [4.78, 5) is 22.5. The van der Waals surface area contributed by atoms with E-state index in [1.54, 1.807) is 18.2 Å². The number of ether oxygens (including phenoxy) is 2. The number of ketones is 1. The van der Waals surface area contributed by atoms with Crippen LogP contribution < -0.4 is 9.47 Å². The summed E-state index contributed by atoms with van der Waals surface area (Å²) in [5.74, 6) is 0.397. The normalized spacial score (nSPS) is 22.4. The predicted molar refractivity (Wildman–Crippen MR) is 71.9 cm³/mol. The second-order valence-corrected chi connectivity index (χ2v) is 4.81. The first-order valence-corrected chi connectivity index (χ1v) is 6.46. The van der Waals surface area contributed by atoms with Crippen molar-refractivity contribution in [2.45, 2.75) is 31.2 Å². The number of rotatable bonds is 4. The van der Waals surface area contributed by atoms with Gasteiger partial charge in [0.2, 0.25) is 5.78 Å². The maximum atomic E-state index is 11.8. The van der Waals surface area contributed by atoms with Crippen molar-refractivity contribution in [1.29, 1.82) is 0 Å². The van der Waals surface area contributed by atoms with Crippen LogP contribution in [-0.2, 0) is 4.79 Å². The highest BCUT2D eigenvalue weighted by atomic mass is 16.6. The summed E-state index contributed by atoms with van der Waals surface area (Å²) >= 11 is 0. The molecule has 0 N–H and O–H groups in total. The van der Waals surface area contributed by atoms with Crippen molar-refractivity contribution >= 4 is 5.78 Å². The lowest BCUT2D eigenvalue weighted by Gasteiger charge is -2.25. The van der Waals surface area contributed by atoms with Gasteiger partial charge in [-0.25, -0.2) is 0 Å². The van der Waals surface area contributed by atoms with Crippen LogP contribution >= 0.6 is 0 Å². The smallest absolute Gasteiger partial charge is 0.276 e. The van der Waals surface area contributed by atoms with Crippen LogP contribution in [0.5, 0.6) is 11.5 Å². The lowest BCUT2D eigenvalue weighted by molar-refractivity contribution is -0.512. The minimum Gasteiger partial charge on any atom is -0.493 e. The van der Waals surface area contributed by atoms with Crippen LogP contribution in [0.4, 0.5) is 0 Å². The third kappa shape index (κ3) is 2.59. The van der Waals surface area contributed by atoms with Crippen LogP contribution in [0.2, 0.25) is 0 Å². The van der Waals surface area contributed by atoms with Crippen molar-refractivity contribution < 1.29 is 19.2 Å². The number of Topliss-reactive ketones (excluding diaryl/α,β-unsaturated/α-hetero) is 1. The van der Waals surface area contributed by atoms with Gasteiger partial charge in [-0.3, -0.25) is 14.9 Å². The molecule has 0 bridgehead atoms. The van der Waals surface area contributed by atoms with E-state index in [4.69, 9.17) is 9.47 Å². The molecule has 6 nitrogen and oxygen atoms in total. The summed E-state index contributed by atoms with van der Waals surface area (Å²) in [6.07, 6.45) is 1.60. The molecule has 2 unspecified atom stereocenters. The first kappa shape index (κ1) is 14.3. The highest BCUT2D eigenvalue weighted by molar-refractivity contribution is 5.84. The Morgan fingerprint density at radius 1 is 1.25 bits per heavy atom. The third-order valence-electron chi connectivity index (χ3n) is 3.71. The van der Waals surface area contributed by atoms with Gasteiger partial charge in [-0.15, -0.1) is 0 Å². The number of carbonyl (C=O) groups is 1. The largest absolute Gasteiger partial charge is 0.493 e. The van der Waals surface area contributed by atoms with Gasteiger partial charge in [0.1, 0.15) is 0 Å². The molecule has 1 aliphatic carbocycles. The van der Waals surface area contributed by atoms with E-state index in [9.17, 15) is 14.9 Å². The molecule has 0 radical (unpaired) electrons. The average Bonchev–Trinajstić information content (AvgIpc) is 2.45. The van der Waals surface area contributed by atoms with Gasteiger partial charge in [-0.2, -0.15) is 0 Å². The zero-order chi connectivity index (χ0) is 14.7. The lowest BCUT2D eigenvalue weighted by Crippen LogP contribution is -2.38. The monoisotopic (exact) mass is 279 g/mol. The second kappa shape index (κ2) is 5.90. The van der Waals surface area contributed by atoms with E-state index in [1.165, 1.54) is 14.2 Å². The summed E-state index contributed by atoms with van der Waals surface area (Å²) in [7, 11) is 3.04. The van der Waals surface area contributed by atoms with E-state index < -0.39 is 16.9 Å².